The van der Waals surface area contributed by atoms with Gasteiger partial charge in [0, 0.05) is 12.7 Å². The van der Waals surface area contributed by atoms with Crippen molar-refractivity contribution in [3.8, 4) is 5.75 Å². The molecule has 7 heteroatoms. The zero-order valence-corrected chi connectivity index (χ0v) is 12.9. The second-order valence-corrected chi connectivity index (χ2v) is 5.37. The van der Waals surface area contributed by atoms with E-state index >= 15 is 0 Å². The lowest BCUT2D eigenvalue weighted by molar-refractivity contribution is -0.115. The van der Waals surface area contributed by atoms with Crippen LogP contribution >= 0.6 is 11.3 Å². The predicted octanol–water partition coefficient (Wildman–Crippen LogP) is 2.44. The van der Waals surface area contributed by atoms with Gasteiger partial charge in [-0.1, -0.05) is 29.5 Å². The van der Waals surface area contributed by atoms with Crippen LogP contribution in [-0.4, -0.2) is 30.3 Å². The Morgan fingerprint density at radius 1 is 1.33 bits per heavy atom. The monoisotopic (exact) mass is 307 g/mol. The van der Waals surface area contributed by atoms with Crippen molar-refractivity contribution in [1.29, 1.82) is 0 Å². The van der Waals surface area contributed by atoms with Crippen LogP contribution in [0, 0.1) is 0 Å². The van der Waals surface area contributed by atoms with Crippen molar-refractivity contribution in [1.82, 2.24) is 10.2 Å². The number of amides is 1. The van der Waals surface area contributed by atoms with Crippen LogP contribution in [-0.2, 0) is 16.0 Å². The summed E-state index contributed by atoms with van der Waals surface area (Å²) in [6.07, 6.45) is 0.0843. The fourth-order valence-corrected chi connectivity index (χ4v) is 2.52. The smallest absolute Gasteiger partial charge is 0.230 e. The Bertz CT molecular complexity index is 615. The van der Waals surface area contributed by atoms with E-state index in [0.29, 0.717) is 10.9 Å². The number of carbonyl (C=O) groups is 1. The molecule has 0 radical (unpaired) electrons. The molecular formula is C14H17N3O3S. The molecule has 112 valence electrons. The number of carbonyl (C=O) groups excluding carboxylic acids is 1. The summed E-state index contributed by atoms with van der Waals surface area (Å²) in [6.45, 7) is 1.88. The Morgan fingerprint density at radius 2 is 2.10 bits per heavy atom. The van der Waals surface area contributed by atoms with E-state index in [4.69, 9.17) is 9.47 Å². The second kappa shape index (κ2) is 7.14. The van der Waals surface area contributed by atoms with Crippen LogP contribution < -0.4 is 10.1 Å². The van der Waals surface area contributed by atoms with Crippen molar-refractivity contribution in [3.05, 3.63) is 34.8 Å². The summed E-state index contributed by atoms with van der Waals surface area (Å²) in [5.41, 5.74) is 0.826. The normalized spacial score (nSPS) is 12.0. The molecule has 0 saturated carbocycles. The maximum Gasteiger partial charge on any atom is 0.230 e. The summed E-state index contributed by atoms with van der Waals surface area (Å²) in [7, 11) is 3.19. The van der Waals surface area contributed by atoms with E-state index in [-0.39, 0.29) is 18.4 Å². The first-order valence-electron chi connectivity index (χ1n) is 6.42. The Labute approximate surface area is 127 Å². The number of aromatic nitrogens is 2. The van der Waals surface area contributed by atoms with Gasteiger partial charge in [0.15, 0.2) is 0 Å². The molecule has 0 fully saturated rings. The quantitative estimate of drug-likeness (QED) is 0.887. The molecule has 21 heavy (non-hydrogen) atoms. The first kappa shape index (κ1) is 15.4. The first-order valence-corrected chi connectivity index (χ1v) is 7.23. The molecule has 2 rings (SSSR count). The number of hydrogen-bond acceptors (Lipinski definition) is 6. The van der Waals surface area contributed by atoms with Gasteiger partial charge in [0.1, 0.15) is 16.9 Å². The SMILES string of the molecule is COc1ccccc1CC(=O)Nc1nnc(C(C)OC)s1. The van der Waals surface area contributed by atoms with Crippen LogP contribution in [0.25, 0.3) is 0 Å². The van der Waals surface area contributed by atoms with E-state index in [1.54, 1.807) is 14.2 Å². The molecule has 0 bridgehead atoms. The molecule has 0 aliphatic carbocycles. The van der Waals surface area contributed by atoms with Crippen molar-refractivity contribution >= 4 is 22.4 Å². The number of ether oxygens (including phenoxy) is 2. The van der Waals surface area contributed by atoms with E-state index in [2.05, 4.69) is 15.5 Å². The Morgan fingerprint density at radius 3 is 2.81 bits per heavy atom. The number of anilines is 1. The Balaban J connectivity index is 2.00. The molecular weight excluding hydrogens is 290 g/mol. The van der Waals surface area contributed by atoms with Gasteiger partial charge in [-0.3, -0.25) is 4.79 Å². The highest BCUT2D eigenvalue weighted by Gasteiger charge is 2.14. The minimum atomic E-state index is -0.160. The van der Waals surface area contributed by atoms with E-state index in [1.165, 1.54) is 11.3 Å². The molecule has 1 aromatic carbocycles. The summed E-state index contributed by atoms with van der Waals surface area (Å²) >= 11 is 1.30. The van der Waals surface area contributed by atoms with Gasteiger partial charge < -0.3 is 14.8 Å². The van der Waals surface area contributed by atoms with E-state index < -0.39 is 0 Å². The van der Waals surface area contributed by atoms with Crippen LogP contribution in [0.15, 0.2) is 24.3 Å². The number of rotatable bonds is 6. The second-order valence-electron chi connectivity index (χ2n) is 4.36. The zero-order chi connectivity index (χ0) is 15.2. The third kappa shape index (κ3) is 3.99. The summed E-state index contributed by atoms with van der Waals surface area (Å²) in [5, 5.41) is 11.8. The number of methoxy groups -OCH3 is 2. The molecule has 1 N–H and O–H groups in total. The summed E-state index contributed by atoms with van der Waals surface area (Å²) in [6, 6.07) is 7.42. The first-order chi connectivity index (χ1) is 10.1. The highest BCUT2D eigenvalue weighted by Crippen LogP contribution is 2.24. The molecule has 2 aromatic rings. The number of benzene rings is 1. The Hall–Kier alpha value is -1.99. The summed E-state index contributed by atoms with van der Waals surface area (Å²) in [4.78, 5) is 12.0. The third-order valence-corrected chi connectivity index (χ3v) is 3.93. The standard InChI is InChI=1S/C14H17N3O3S/c1-9(19-2)13-16-17-14(21-13)15-12(18)8-10-6-4-5-7-11(10)20-3/h4-7,9H,8H2,1-3H3,(H,15,17,18). The maximum atomic E-state index is 12.0. The molecule has 0 saturated heterocycles. The molecule has 0 aliphatic heterocycles. The molecule has 6 nitrogen and oxygen atoms in total. The number of para-hydroxylation sites is 1. The zero-order valence-electron chi connectivity index (χ0n) is 12.1. The van der Waals surface area contributed by atoms with Gasteiger partial charge in [-0.05, 0) is 13.0 Å². The molecule has 1 amide bonds. The number of hydrogen-bond donors (Lipinski definition) is 1. The third-order valence-electron chi connectivity index (χ3n) is 2.93. The summed E-state index contributed by atoms with van der Waals surface area (Å²) < 4.78 is 10.4. The minimum absolute atomic E-state index is 0.137. The van der Waals surface area contributed by atoms with E-state index in [0.717, 1.165) is 10.6 Å². The molecule has 1 unspecified atom stereocenters. The van der Waals surface area contributed by atoms with Crippen molar-refractivity contribution in [2.75, 3.05) is 19.5 Å². The van der Waals surface area contributed by atoms with Crippen molar-refractivity contribution in [2.45, 2.75) is 19.4 Å². The molecule has 1 heterocycles. The van der Waals surface area contributed by atoms with Crippen LogP contribution in [0.5, 0.6) is 5.75 Å². The minimum Gasteiger partial charge on any atom is -0.496 e. The highest BCUT2D eigenvalue weighted by atomic mass is 32.1. The van der Waals surface area contributed by atoms with Gasteiger partial charge in [0.25, 0.3) is 0 Å². The van der Waals surface area contributed by atoms with Gasteiger partial charge in [0.05, 0.1) is 13.5 Å². The molecule has 1 atom stereocenters. The lowest BCUT2D eigenvalue weighted by Crippen LogP contribution is -2.14. The van der Waals surface area contributed by atoms with Gasteiger partial charge >= 0.3 is 0 Å². The lowest BCUT2D eigenvalue weighted by Gasteiger charge is -2.07. The van der Waals surface area contributed by atoms with E-state index in [9.17, 15) is 4.79 Å². The van der Waals surface area contributed by atoms with Crippen LogP contribution in [0.3, 0.4) is 0 Å². The highest BCUT2D eigenvalue weighted by molar-refractivity contribution is 7.15. The van der Waals surface area contributed by atoms with Crippen molar-refractivity contribution in [2.24, 2.45) is 0 Å². The largest absolute Gasteiger partial charge is 0.496 e. The fourth-order valence-electron chi connectivity index (χ4n) is 1.74. The molecule has 0 aliphatic rings. The van der Waals surface area contributed by atoms with Gasteiger partial charge in [0.2, 0.25) is 11.0 Å². The van der Waals surface area contributed by atoms with Crippen molar-refractivity contribution in [3.63, 3.8) is 0 Å². The van der Waals surface area contributed by atoms with Crippen LogP contribution in [0.2, 0.25) is 0 Å². The van der Waals surface area contributed by atoms with Crippen LogP contribution in [0.4, 0.5) is 5.13 Å². The predicted molar refractivity (Wildman–Crippen MR) is 80.7 cm³/mol. The summed E-state index contributed by atoms with van der Waals surface area (Å²) in [5.74, 6) is 0.533. The van der Waals surface area contributed by atoms with Gasteiger partial charge in [-0.2, -0.15) is 0 Å². The number of nitrogens with zero attached hydrogens (tertiary/aromatic N) is 2. The topological polar surface area (TPSA) is 73.3 Å². The lowest BCUT2D eigenvalue weighted by atomic mass is 10.1. The molecule has 0 spiro atoms. The Kier molecular flexibility index (Phi) is 5.24. The fraction of sp³-hybridized carbons (Fsp3) is 0.357. The maximum absolute atomic E-state index is 12.0. The average Bonchev–Trinajstić information content (AvgIpc) is 2.95. The van der Waals surface area contributed by atoms with Crippen molar-refractivity contribution < 1.29 is 14.3 Å². The number of nitrogens with one attached hydrogen (secondary N) is 1. The van der Waals surface area contributed by atoms with Gasteiger partial charge in [-0.25, -0.2) is 0 Å². The van der Waals surface area contributed by atoms with Crippen LogP contribution in [0.1, 0.15) is 23.6 Å². The van der Waals surface area contributed by atoms with E-state index in [1.807, 2.05) is 31.2 Å². The average molecular weight is 307 g/mol. The van der Waals surface area contributed by atoms with Gasteiger partial charge in [-0.15, -0.1) is 10.2 Å². The molecule has 1 aromatic heterocycles.